The molecule has 0 radical (unpaired) electrons. The van der Waals surface area contributed by atoms with Crippen LogP contribution in [0, 0.1) is 11.3 Å². The fourth-order valence-electron chi connectivity index (χ4n) is 1.25. The minimum atomic E-state index is -0.930. The summed E-state index contributed by atoms with van der Waals surface area (Å²) in [6.45, 7) is 4.92. The highest BCUT2D eigenvalue weighted by Crippen LogP contribution is 2.26. The van der Waals surface area contributed by atoms with E-state index in [1.165, 1.54) is 0 Å². The van der Waals surface area contributed by atoms with Gasteiger partial charge in [0.25, 0.3) is 0 Å². The van der Waals surface area contributed by atoms with Gasteiger partial charge >= 0.3 is 5.97 Å². The van der Waals surface area contributed by atoms with Gasteiger partial charge < -0.3 is 15.3 Å². The summed E-state index contributed by atoms with van der Waals surface area (Å²) in [5.41, 5.74) is -0.644. The molecule has 0 saturated heterocycles. The van der Waals surface area contributed by atoms with Gasteiger partial charge in [-0.25, -0.2) is 0 Å². The summed E-state index contributed by atoms with van der Waals surface area (Å²) in [6, 6.07) is 0. The van der Waals surface area contributed by atoms with Crippen molar-refractivity contribution < 1.29 is 20.1 Å². The molecule has 0 aliphatic rings. The second-order valence-corrected chi connectivity index (χ2v) is 4.17. The lowest BCUT2D eigenvalue weighted by Crippen LogP contribution is -2.38. The van der Waals surface area contributed by atoms with Crippen molar-refractivity contribution in [3.63, 3.8) is 0 Å². The van der Waals surface area contributed by atoms with Gasteiger partial charge in [0.05, 0.1) is 19.1 Å². The Morgan fingerprint density at radius 2 is 1.92 bits per heavy atom. The predicted molar refractivity (Wildman–Crippen MR) is 48.3 cm³/mol. The maximum Gasteiger partial charge on any atom is 0.303 e. The quantitative estimate of drug-likeness (QED) is 0.589. The zero-order chi connectivity index (χ0) is 10.6. The second-order valence-electron chi connectivity index (χ2n) is 4.17. The molecule has 4 nitrogen and oxygen atoms in total. The van der Waals surface area contributed by atoms with E-state index in [2.05, 4.69) is 0 Å². The lowest BCUT2D eigenvalue weighted by molar-refractivity contribution is -0.140. The molecule has 2 atom stereocenters. The molecule has 0 fully saturated rings. The maximum absolute atomic E-state index is 10.4. The number of rotatable bonds is 5. The first kappa shape index (κ1) is 12.4. The molecule has 78 valence electrons. The van der Waals surface area contributed by atoms with Crippen LogP contribution < -0.4 is 0 Å². The second kappa shape index (κ2) is 4.58. The fourth-order valence-corrected chi connectivity index (χ4v) is 1.25. The standard InChI is InChI=1S/C9H18O4/c1-6(4-7(11)12)8(13)9(2,3)5-10/h6,8,10,13H,4-5H2,1-3H3,(H,11,12). The molecule has 4 heteroatoms. The molecule has 0 aliphatic carbocycles. The normalized spacial score (nSPS) is 16.7. The molecule has 0 spiro atoms. The molecule has 3 N–H and O–H groups in total. The van der Waals surface area contributed by atoms with Crippen LogP contribution in [0.5, 0.6) is 0 Å². The summed E-state index contributed by atoms with van der Waals surface area (Å²) in [4.78, 5) is 10.4. The van der Waals surface area contributed by atoms with Crippen LogP contribution >= 0.6 is 0 Å². The number of carbonyl (C=O) groups is 1. The Kier molecular flexibility index (Phi) is 4.36. The van der Waals surface area contributed by atoms with Crippen LogP contribution in [0.25, 0.3) is 0 Å². The molecule has 13 heavy (non-hydrogen) atoms. The summed E-state index contributed by atoms with van der Waals surface area (Å²) in [5, 5.41) is 27.1. The van der Waals surface area contributed by atoms with Gasteiger partial charge in [0.15, 0.2) is 0 Å². The van der Waals surface area contributed by atoms with Crippen molar-refractivity contribution in [3.8, 4) is 0 Å². The molecule has 0 heterocycles. The van der Waals surface area contributed by atoms with E-state index in [-0.39, 0.29) is 18.9 Å². The molecule has 0 amide bonds. The molecule has 0 aromatic heterocycles. The Morgan fingerprint density at radius 3 is 2.23 bits per heavy atom. The maximum atomic E-state index is 10.4. The highest BCUT2D eigenvalue weighted by Gasteiger charge is 2.32. The van der Waals surface area contributed by atoms with Crippen molar-refractivity contribution in [2.24, 2.45) is 11.3 Å². The molecule has 0 aliphatic heterocycles. The molecule has 0 rings (SSSR count). The average molecular weight is 190 g/mol. The number of hydrogen-bond acceptors (Lipinski definition) is 3. The van der Waals surface area contributed by atoms with E-state index in [0.717, 1.165) is 0 Å². The van der Waals surface area contributed by atoms with Crippen molar-refractivity contribution >= 4 is 5.97 Å². The third-order valence-electron chi connectivity index (χ3n) is 2.24. The van der Waals surface area contributed by atoms with Crippen molar-refractivity contribution in [2.75, 3.05) is 6.61 Å². The van der Waals surface area contributed by atoms with Gasteiger partial charge in [-0.15, -0.1) is 0 Å². The highest BCUT2D eigenvalue weighted by atomic mass is 16.4. The number of aliphatic carboxylic acids is 1. The lowest BCUT2D eigenvalue weighted by atomic mass is 9.80. The van der Waals surface area contributed by atoms with Crippen LogP contribution in [0.1, 0.15) is 27.2 Å². The van der Waals surface area contributed by atoms with Crippen molar-refractivity contribution in [3.05, 3.63) is 0 Å². The van der Waals surface area contributed by atoms with Crippen LogP contribution in [-0.4, -0.2) is 34.0 Å². The Balaban J connectivity index is 4.24. The minimum absolute atomic E-state index is 0.0788. The smallest absolute Gasteiger partial charge is 0.303 e. The molecular formula is C9H18O4. The predicted octanol–water partition coefficient (Wildman–Crippen LogP) is 0.477. The molecular weight excluding hydrogens is 172 g/mol. The number of aliphatic hydroxyl groups excluding tert-OH is 2. The van der Waals surface area contributed by atoms with Crippen LogP contribution in [0.15, 0.2) is 0 Å². The summed E-state index contributed by atoms with van der Waals surface area (Å²) in [7, 11) is 0. The first-order chi connectivity index (χ1) is 5.81. The van der Waals surface area contributed by atoms with Crippen LogP contribution in [0.3, 0.4) is 0 Å². The van der Waals surface area contributed by atoms with Gasteiger partial charge in [0.1, 0.15) is 0 Å². The van der Waals surface area contributed by atoms with Crippen molar-refractivity contribution in [2.45, 2.75) is 33.3 Å². The average Bonchev–Trinajstić information content (AvgIpc) is 2.01. The largest absolute Gasteiger partial charge is 0.481 e. The number of hydrogen-bond donors (Lipinski definition) is 3. The highest BCUT2D eigenvalue weighted by molar-refractivity contribution is 5.67. The first-order valence-electron chi connectivity index (χ1n) is 4.32. The molecule has 0 bridgehead atoms. The Hall–Kier alpha value is -0.610. The molecule has 0 aromatic rings. The molecule has 0 saturated carbocycles. The van der Waals surface area contributed by atoms with Gasteiger partial charge in [-0.05, 0) is 5.92 Å². The van der Waals surface area contributed by atoms with E-state index in [4.69, 9.17) is 10.2 Å². The van der Waals surface area contributed by atoms with E-state index in [9.17, 15) is 9.90 Å². The Morgan fingerprint density at radius 1 is 1.46 bits per heavy atom. The monoisotopic (exact) mass is 190 g/mol. The van der Waals surface area contributed by atoms with E-state index < -0.39 is 17.5 Å². The van der Waals surface area contributed by atoms with E-state index in [1.807, 2.05) is 0 Å². The zero-order valence-electron chi connectivity index (χ0n) is 8.32. The number of aliphatic hydroxyl groups is 2. The number of carboxylic acids is 1. The van der Waals surface area contributed by atoms with Gasteiger partial charge in [-0.3, -0.25) is 4.79 Å². The number of carboxylic acid groups (broad SMARTS) is 1. The molecule has 0 aromatic carbocycles. The fraction of sp³-hybridized carbons (Fsp3) is 0.889. The topological polar surface area (TPSA) is 77.8 Å². The summed E-state index contributed by atoms with van der Waals surface area (Å²) < 4.78 is 0. The SMILES string of the molecule is CC(CC(=O)O)C(O)C(C)(C)CO. The van der Waals surface area contributed by atoms with Crippen molar-refractivity contribution in [1.82, 2.24) is 0 Å². The van der Waals surface area contributed by atoms with Gasteiger partial charge in [-0.1, -0.05) is 20.8 Å². The third kappa shape index (κ3) is 3.74. The van der Waals surface area contributed by atoms with E-state index in [1.54, 1.807) is 20.8 Å². The van der Waals surface area contributed by atoms with Gasteiger partial charge in [0, 0.05) is 5.41 Å². The summed E-state index contributed by atoms with van der Waals surface area (Å²) in [6.07, 6.45) is -0.876. The first-order valence-corrected chi connectivity index (χ1v) is 4.32. The lowest BCUT2D eigenvalue weighted by Gasteiger charge is -2.32. The van der Waals surface area contributed by atoms with E-state index in [0.29, 0.717) is 0 Å². The summed E-state index contributed by atoms with van der Waals surface area (Å²) >= 11 is 0. The Labute approximate surface area is 78.2 Å². The molecule has 2 unspecified atom stereocenters. The van der Waals surface area contributed by atoms with Crippen molar-refractivity contribution in [1.29, 1.82) is 0 Å². The van der Waals surface area contributed by atoms with Gasteiger partial charge in [-0.2, -0.15) is 0 Å². The zero-order valence-corrected chi connectivity index (χ0v) is 8.32. The third-order valence-corrected chi connectivity index (χ3v) is 2.24. The summed E-state index contributed by atoms with van der Waals surface area (Å²) in [5.74, 6) is -1.28. The van der Waals surface area contributed by atoms with Gasteiger partial charge in [0.2, 0.25) is 0 Å². The van der Waals surface area contributed by atoms with Crippen LogP contribution in [0.2, 0.25) is 0 Å². The van der Waals surface area contributed by atoms with Crippen LogP contribution in [-0.2, 0) is 4.79 Å². The van der Waals surface area contributed by atoms with E-state index >= 15 is 0 Å². The Bertz CT molecular complexity index is 176. The minimum Gasteiger partial charge on any atom is -0.481 e. The van der Waals surface area contributed by atoms with Crippen LogP contribution in [0.4, 0.5) is 0 Å².